The Morgan fingerprint density at radius 2 is 2.26 bits per heavy atom. The molecule has 1 saturated heterocycles. The van der Waals surface area contributed by atoms with Gasteiger partial charge in [-0.05, 0) is 12.1 Å². The minimum absolute atomic E-state index is 0.286. The lowest BCUT2D eigenvalue weighted by Gasteiger charge is -2.36. The fraction of sp³-hybridized carbons (Fsp3) is 0.308. The van der Waals surface area contributed by atoms with Gasteiger partial charge in [-0.2, -0.15) is 5.26 Å². The van der Waals surface area contributed by atoms with Crippen LogP contribution in [-0.2, 0) is 9.59 Å². The Kier molecular flexibility index (Phi) is 3.66. The Labute approximate surface area is 110 Å². The van der Waals surface area contributed by atoms with Crippen molar-refractivity contribution >= 4 is 17.6 Å². The van der Waals surface area contributed by atoms with Crippen LogP contribution in [0.25, 0.3) is 0 Å². The highest BCUT2D eigenvalue weighted by Crippen LogP contribution is 2.24. The molecule has 0 radical (unpaired) electrons. The number of para-hydroxylation sites is 1. The number of carboxylic acid groups (broad SMARTS) is 1. The van der Waals surface area contributed by atoms with Crippen molar-refractivity contribution in [3.05, 3.63) is 29.8 Å². The average Bonchev–Trinajstić information content (AvgIpc) is 2.40. The highest BCUT2D eigenvalue weighted by Gasteiger charge is 2.32. The van der Waals surface area contributed by atoms with E-state index in [1.54, 1.807) is 29.2 Å². The number of anilines is 1. The monoisotopic (exact) mass is 259 g/mol. The zero-order chi connectivity index (χ0) is 13.8. The molecule has 1 unspecified atom stereocenters. The molecule has 2 N–H and O–H groups in total. The van der Waals surface area contributed by atoms with Crippen molar-refractivity contribution in [2.24, 2.45) is 0 Å². The highest BCUT2D eigenvalue weighted by atomic mass is 16.4. The summed E-state index contributed by atoms with van der Waals surface area (Å²) >= 11 is 0. The fourth-order valence-electron chi connectivity index (χ4n) is 2.19. The minimum atomic E-state index is -1.04. The molecule has 0 aliphatic carbocycles. The summed E-state index contributed by atoms with van der Waals surface area (Å²) < 4.78 is 0. The number of piperazine rings is 1. The molecule has 0 aromatic heterocycles. The van der Waals surface area contributed by atoms with E-state index in [0.717, 1.165) is 0 Å². The second-order valence-corrected chi connectivity index (χ2v) is 4.23. The van der Waals surface area contributed by atoms with Crippen molar-refractivity contribution in [1.82, 2.24) is 5.32 Å². The van der Waals surface area contributed by atoms with Crippen molar-refractivity contribution in [2.75, 3.05) is 18.0 Å². The number of nitriles is 1. The zero-order valence-electron chi connectivity index (χ0n) is 10.2. The molecule has 1 amide bonds. The summed E-state index contributed by atoms with van der Waals surface area (Å²) in [7, 11) is 0. The second kappa shape index (κ2) is 5.40. The third-order valence-electron chi connectivity index (χ3n) is 3.03. The van der Waals surface area contributed by atoms with Crippen LogP contribution in [0.4, 0.5) is 5.69 Å². The molecular formula is C13H13N3O3. The third-order valence-corrected chi connectivity index (χ3v) is 3.03. The van der Waals surface area contributed by atoms with Crippen molar-refractivity contribution in [2.45, 2.75) is 12.5 Å². The standard InChI is InChI=1S/C13H13N3O3/c14-8-9-3-1-2-4-10(9)16-6-5-15-13(19)11(16)7-12(17)18/h1-4,11H,5-7H2,(H,15,19)(H,17,18). The van der Waals surface area contributed by atoms with Gasteiger partial charge in [-0.25, -0.2) is 0 Å². The molecule has 98 valence electrons. The predicted octanol–water partition coefficient (Wildman–Crippen LogP) is 0.338. The maximum Gasteiger partial charge on any atom is 0.305 e. The van der Waals surface area contributed by atoms with Crippen LogP contribution < -0.4 is 10.2 Å². The molecule has 1 fully saturated rings. The Morgan fingerprint density at radius 1 is 1.53 bits per heavy atom. The number of nitrogens with one attached hydrogen (secondary N) is 1. The van der Waals surface area contributed by atoms with E-state index < -0.39 is 12.0 Å². The first-order chi connectivity index (χ1) is 9.13. The highest BCUT2D eigenvalue weighted by molar-refractivity contribution is 5.90. The van der Waals surface area contributed by atoms with Gasteiger partial charge in [0.1, 0.15) is 12.1 Å². The molecule has 19 heavy (non-hydrogen) atoms. The SMILES string of the molecule is N#Cc1ccccc1N1CCNC(=O)C1CC(=O)O. The molecule has 1 aromatic carbocycles. The number of carbonyl (C=O) groups is 2. The number of hydrogen-bond donors (Lipinski definition) is 2. The molecule has 6 nitrogen and oxygen atoms in total. The molecule has 0 bridgehead atoms. The van der Waals surface area contributed by atoms with E-state index in [0.29, 0.717) is 24.3 Å². The summed E-state index contributed by atoms with van der Waals surface area (Å²) in [5.74, 6) is -1.36. The molecule has 1 aliphatic heterocycles. The lowest BCUT2D eigenvalue weighted by molar-refractivity contribution is -0.139. The molecule has 1 aromatic rings. The van der Waals surface area contributed by atoms with Crippen molar-refractivity contribution in [3.8, 4) is 6.07 Å². The summed E-state index contributed by atoms with van der Waals surface area (Å²) in [5.41, 5.74) is 1.04. The van der Waals surface area contributed by atoms with Gasteiger partial charge in [0.05, 0.1) is 17.7 Å². The van der Waals surface area contributed by atoms with Crippen LogP contribution in [0.3, 0.4) is 0 Å². The lowest BCUT2D eigenvalue weighted by atomic mass is 10.1. The van der Waals surface area contributed by atoms with Gasteiger partial charge in [-0.1, -0.05) is 12.1 Å². The first-order valence-corrected chi connectivity index (χ1v) is 5.88. The summed E-state index contributed by atoms with van der Waals surface area (Å²) in [6.45, 7) is 0.928. The minimum Gasteiger partial charge on any atom is -0.481 e. The normalized spacial score (nSPS) is 18.6. The van der Waals surface area contributed by atoms with E-state index in [1.807, 2.05) is 0 Å². The van der Waals surface area contributed by atoms with Crippen molar-refractivity contribution in [3.63, 3.8) is 0 Å². The summed E-state index contributed by atoms with van der Waals surface area (Å²) in [5, 5.41) is 20.6. The fourth-order valence-corrected chi connectivity index (χ4v) is 2.19. The molecule has 2 rings (SSSR count). The molecular weight excluding hydrogens is 246 g/mol. The van der Waals surface area contributed by atoms with Gasteiger partial charge in [0.25, 0.3) is 0 Å². The van der Waals surface area contributed by atoms with Crippen LogP contribution in [0.5, 0.6) is 0 Å². The van der Waals surface area contributed by atoms with Crippen LogP contribution in [0, 0.1) is 11.3 Å². The van der Waals surface area contributed by atoms with Crippen LogP contribution >= 0.6 is 0 Å². The lowest BCUT2D eigenvalue weighted by Crippen LogP contribution is -2.56. The van der Waals surface area contributed by atoms with Gasteiger partial charge in [-0.3, -0.25) is 9.59 Å². The van der Waals surface area contributed by atoms with Crippen LogP contribution in [0.15, 0.2) is 24.3 Å². The van der Waals surface area contributed by atoms with Gasteiger partial charge >= 0.3 is 5.97 Å². The topological polar surface area (TPSA) is 93.4 Å². The first-order valence-electron chi connectivity index (χ1n) is 5.88. The van der Waals surface area contributed by atoms with E-state index in [4.69, 9.17) is 10.4 Å². The molecule has 0 spiro atoms. The van der Waals surface area contributed by atoms with E-state index in [9.17, 15) is 9.59 Å². The number of rotatable bonds is 3. The van der Waals surface area contributed by atoms with E-state index in [-0.39, 0.29) is 12.3 Å². The number of carboxylic acids is 1. The van der Waals surface area contributed by atoms with Gasteiger partial charge in [0.15, 0.2) is 0 Å². The Morgan fingerprint density at radius 3 is 2.95 bits per heavy atom. The van der Waals surface area contributed by atoms with Gasteiger partial charge in [-0.15, -0.1) is 0 Å². The van der Waals surface area contributed by atoms with Gasteiger partial charge in [0.2, 0.25) is 5.91 Å². The van der Waals surface area contributed by atoms with E-state index in [1.165, 1.54) is 0 Å². The number of hydrogen-bond acceptors (Lipinski definition) is 4. The van der Waals surface area contributed by atoms with Crippen LogP contribution in [-0.4, -0.2) is 36.1 Å². The predicted molar refractivity (Wildman–Crippen MR) is 67.6 cm³/mol. The second-order valence-electron chi connectivity index (χ2n) is 4.23. The van der Waals surface area contributed by atoms with E-state index in [2.05, 4.69) is 11.4 Å². The van der Waals surface area contributed by atoms with E-state index >= 15 is 0 Å². The summed E-state index contributed by atoms with van der Waals surface area (Å²) in [6, 6.07) is 8.16. The number of amides is 1. The smallest absolute Gasteiger partial charge is 0.305 e. The average molecular weight is 259 g/mol. The molecule has 1 aliphatic rings. The Balaban J connectivity index is 2.37. The summed E-state index contributed by atoms with van der Waals surface area (Å²) in [6.07, 6.45) is -0.286. The van der Waals surface area contributed by atoms with Crippen molar-refractivity contribution in [1.29, 1.82) is 5.26 Å². The maximum absolute atomic E-state index is 11.8. The Hall–Kier alpha value is -2.55. The zero-order valence-corrected chi connectivity index (χ0v) is 10.2. The van der Waals surface area contributed by atoms with Gasteiger partial charge < -0.3 is 15.3 Å². The summed E-state index contributed by atoms with van der Waals surface area (Å²) in [4.78, 5) is 24.4. The Bertz CT molecular complexity index is 550. The van der Waals surface area contributed by atoms with Gasteiger partial charge in [0, 0.05) is 13.1 Å². The molecule has 6 heteroatoms. The maximum atomic E-state index is 11.8. The number of nitrogens with zero attached hydrogens (tertiary/aromatic N) is 2. The molecule has 0 saturated carbocycles. The van der Waals surface area contributed by atoms with Crippen LogP contribution in [0.2, 0.25) is 0 Å². The largest absolute Gasteiger partial charge is 0.481 e. The third kappa shape index (κ3) is 2.65. The van der Waals surface area contributed by atoms with Crippen molar-refractivity contribution < 1.29 is 14.7 Å². The first kappa shape index (κ1) is 12.9. The number of aliphatic carboxylic acids is 1. The molecule has 1 heterocycles. The molecule has 1 atom stereocenters. The number of benzene rings is 1. The number of carbonyl (C=O) groups excluding carboxylic acids is 1. The van der Waals surface area contributed by atoms with Crippen LogP contribution in [0.1, 0.15) is 12.0 Å². The quantitative estimate of drug-likeness (QED) is 0.816.